The number of likely N-dealkylation sites (tertiary alicyclic amines) is 1. The van der Waals surface area contributed by atoms with Crippen LogP contribution in [0, 0.1) is 5.82 Å². The third-order valence-electron chi connectivity index (χ3n) is 5.19. The second-order valence-electron chi connectivity index (χ2n) is 7.21. The molecule has 0 N–H and O–H groups in total. The highest BCUT2D eigenvalue weighted by Gasteiger charge is 2.36. The van der Waals surface area contributed by atoms with Gasteiger partial charge in [0.25, 0.3) is 11.8 Å². The molecule has 2 aromatic carbocycles. The molecule has 0 unspecified atom stereocenters. The summed E-state index contributed by atoms with van der Waals surface area (Å²) in [6.45, 7) is 1.37. The van der Waals surface area contributed by atoms with Gasteiger partial charge in [0.2, 0.25) is 0 Å². The van der Waals surface area contributed by atoms with E-state index in [1.165, 1.54) is 29.2 Å². The van der Waals surface area contributed by atoms with Crippen LogP contribution in [0.2, 0.25) is 0 Å². The van der Waals surface area contributed by atoms with Crippen LogP contribution in [-0.4, -0.2) is 49.1 Å². The third-order valence-corrected chi connectivity index (χ3v) is 5.19. The Labute approximate surface area is 168 Å². The zero-order chi connectivity index (χ0) is 20.2. The van der Waals surface area contributed by atoms with E-state index in [1.807, 2.05) is 17.0 Å². The lowest BCUT2D eigenvalue weighted by atomic mass is 10.1. The second-order valence-corrected chi connectivity index (χ2v) is 7.21. The van der Waals surface area contributed by atoms with Crippen molar-refractivity contribution < 1.29 is 23.5 Å². The van der Waals surface area contributed by atoms with Gasteiger partial charge in [0, 0.05) is 13.1 Å². The van der Waals surface area contributed by atoms with E-state index in [1.54, 1.807) is 12.1 Å². The summed E-state index contributed by atoms with van der Waals surface area (Å²) in [5, 5.41) is 0. The van der Waals surface area contributed by atoms with Crippen LogP contribution in [0.5, 0.6) is 11.5 Å². The number of anilines is 1. The number of ether oxygens (including phenoxy) is 2. The second kappa shape index (κ2) is 8.51. The molecule has 6 nitrogen and oxygen atoms in total. The molecule has 0 aliphatic carbocycles. The van der Waals surface area contributed by atoms with Crippen molar-refractivity contribution in [2.75, 3.05) is 31.1 Å². The average Bonchev–Trinajstić information content (AvgIpc) is 2.78. The molecule has 1 fully saturated rings. The molecule has 1 saturated heterocycles. The summed E-state index contributed by atoms with van der Waals surface area (Å²) in [4.78, 5) is 29.2. The summed E-state index contributed by atoms with van der Waals surface area (Å²) in [6.07, 6.45) is 2.37. The summed E-state index contributed by atoms with van der Waals surface area (Å²) in [5.74, 6) is 0.161. The third kappa shape index (κ3) is 4.34. The quantitative estimate of drug-likeness (QED) is 0.795. The largest absolute Gasteiger partial charge is 0.484 e. The van der Waals surface area contributed by atoms with Gasteiger partial charge in [0.05, 0.1) is 12.2 Å². The van der Waals surface area contributed by atoms with E-state index >= 15 is 0 Å². The van der Waals surface area contributed by atoms with E-state index in [-0.39, 0.29) is 30.8 Å². The first-order valence-electron chi connectivity index (χ1n) is 9.85. The van der Waals surface area contributed by atoms with Crippen molar-refractivity contribution in [3.63, 3.8) is 0 Å². The monoisotopic (exact) mass is 398 g/mol. The standard InChI is InChI=1S/C22H23FN2O4/c23-16-8-10-17(11-9-16)28-15-21(26)25-14-20(22(27)24-12-4-1-5-13-24)29-19-7-3-2-6-18(19)25/h2-3,6-11,20H,1,4-5,12-15H2/t20-/m0/s1. The number of hydrogen-bond acceptors (Lipinski definition) is 4. The molecule has 7 heteroatoms. The fourth-order valence-electron chi connectivity index (χ4n) is 3.67. The van der Waals surface area contributed by atoms with Crippen molar-refractivity contribution in [3.05, 3.63) is 54.3 Å². The van der Waals surface area contributed by atoms with Gasteiger partial charge in [-0.2, -0.15) is 0 Å². The van der Waals surface area contributed by atoms with Crippen LogP contribution < -0.4 is 14.4 Å². The zero-order valence-corrected chi connectivity index (χ0v) is 16.1. The fourth-order valence-corrected chi connectivity index (χ4v) is 3.67. The maximum atomic E-state index is 13.0. The molecule has 2 aliphatic rings. The number of hydrogen-bond donors (Lipinski definition) is 0. The maximum absolute atomic E-state index is 13.0. The highest BCUT2D eigenvalue weighted by molar-refractivity contribution is 5.98. The molecule has 4 rings (SSSR count). The molecule has 1 atom stereocenters. The first-order chi connectivity index (χ1) is 14.1. The lowest BCUT2D eigenvalue weighted by Crippen LogP contribution is -2.53. The molecule has 0 saturated carbocycles. The number of halogens is 1. The summed E-state index contributed by atoms with van der Waals surface area (Å²) >= 11 is 0. The van der Waals surface area contributed by atoms with E-state index < -0.39 is 6.10 Å². The molecule has 0 spiro atoms. The summed E-state index contributed by atoms with van der Waals surface area (Å²) in [5.41, 5.74) is 0.614. The molecule has 152 valence electrons. The Morgan fingerprint density at radius 2 is 1.76 bits per heavy atom. The normalized spacial score (nSPS) is 18.6. The van der Waals surface area contributed by atoms with Gasteiger partial charge in [-0.05, 0) is 55.7 Å². The zero-order valence-electron chi connectivity index (χ0n) is 16.1. The molecular formula is C22H23FN2O4. The molecule has 2 aromatic rings. The Kier molecular flexibility index (Phi) is 5.64. The number of rotatable bonds is 4. The number of fused-ring (bicyclic) bond motifs is 1. The Hall–Kier alpha value is -3.09. The number of carbonyl (C=O) groups is 2. The van der Waals surface area contributed by atoms with E-state index in [9.17, 15) is 14.0 Å². The van der Waals surface area contributed by atoms with Crippen LogP contribution in [0.4, 0.5) is 10.1 Å². The average molecular weight is 398 g/mol. The van der Waals surface area contributed by atoms with Gasteiger partial charge in [-0.15, -0.1) is 0 Å². The van der Waals surface area contributed by atoms with Gasteiger partial charge >= 0.3 is 0 Å². The van der Waals surface area contributed by atoms with E-state index in [4.69, 9.17) is 9.47 Å². The van der Waals surface area contributed by atoms with Gasteiger partial charge in [-0.3, -0.25) is 9.59 Å². The van der Waals surface area contributed by atoms with Gasteiger partial charge in [0.15, 0.2) is 12.7 Å². The van der Waals surface area contributed by atoms with Crippen LogP contribution in [0.25, 0.3) is 0 Å². The fraction of sp³-hybridized carbons (Fsp3) is 0.364. The molecule has 2 amide bonds. The van der Waals surface area contributed by atoms with Crippen LogP contribution in [0.1, 0.15) is 19.3 Å². The SMILES string of the molecule is O=C([C@@H]1CN(C(=O)COc2ccc(F)cc2)c2ccccc2O1)N1CCCCC1. The van der Waals surface area contributed by atoms with Crippen LogP contribution in [0.15, 0.2) is 48.5 Å². The molecule has 0 bridgehead atoms. The number of carbonyl (C=O) groups excluding carboxylic acids is 2. The molecule has 29 heavy (non-hydrogen) atoms. The smallest absolute Gasteiger partial charge is 0.265 e. The minimum absolute atomic E-state index is 0.0866. The Balaban J connectivity index is 1.49. The topological polar surface area (TPSA) is 59.1 Å². The van der Waals surface area contributed by atoms with Crippen LogP contribution >= 0.6 is 0 Å². The molecule has 2 aliphatic heterocycles. The van der Waals surface area contributed by atoms with Crippen LogP contribution in [-0.2, 0) is 9.59 Å². The Morgan fingerprint density at radius 1 is 1.03 bits per heavy atom. The lowest BCUT2D eigenvalue weighted by molar-refractivity contribution is -0.139. The van der Waals surface area contributed by atoms with Crippen molar-refractivity contribution in [1.82, 2.24) is 4.90 Å². The van der Waals surface area contributed by atoms with Gasteiger partial charge in [-0.25, -0.2) is 4.39 Å². The Bertz CT molecular complexity index is 881. The van der Waals surface area contributed by atoms with E-state index in [0.717, 1.165) is 32.4 Å². The predicted molar refractivity (Wildman–Crippen MR) is 106 cm³/mol. The van der Waals surface area contributed by atoms with Crippen molar-refractivity contribution in [2.45, 2.75) is 25.4 Å². The van der Waals surface area contributed by atoms with Gasteiger partial charge in [0.1, 0.15) is 17.3 Å². The summed E-state index contributed by atoms with van der Waals surface area (Å²) < 4.78 is 24.5. The van der Waals surface area contributed by atoms with Crippen molar-refractivity contribution in [1.29, 1.82) is 0 Å². The maximum Gasteiger partial charge on any atom is 0.265 e. The van der Waals surface area contributed by atoms with Crippen molar-refractivity contribution in [2.24, 2.45) is 0 Å². The number of piperidine rings is 1. The number of para-hydroxylation sites is 2. The van der Waals surface area contributed by atoms with E-state index in [2.05, 4.69) is 0 Å². The summed E-state index contributed by atoms with van der Waals surface area (Å²) in [7, 11) is 0. The Morgan fingerprint density at radius 3 is 2.52 bits per heavy atom. The number of nitrogens with zero attached hydrogens (tertiary/aromatic N) is 2. The number of amides is 2. The van der Waals surface area contributed by atoms with Gasteiger partial charge < -0.3 is 19.3 Å². The number of benzene rings is 2. The minimum Gasteiger partial charge on any atom is -0.484 e. The van der Waals surface area contributed by atoms with Gasteiger partial charge in [-0.1, -0.05) is 12.1 Å². The van der Waals surface area contributed by atoms with Crippen molar-refractivity contribution >= 4 is 17.5 Å². The predicted octanol–water partition coefficient (Wildman–Crippen LogP) is 3.01. The lowest BCUT2D eigenvalue weighted by Gasteiger charge is -2.37. The molecule has 2 heterocycles. The first kappa shape index (κ1) is 19.2. The van der Waals surface area contributed by atoms with Crippen LogP contribution in [0.3, 0.4) is 0 Å². The molecule has 0 radical (unpaired) electrons. The highest BCUT2D eigenvalue weighted by atomic mass is 19.1. The highest BCUT2D eigenvalue weighted by Crippen LogP contribution is 2.34. The summed E-state index contributed by atoms with van der Waals surface area (Å²) in [6, 6.07) is 12.7. The first-order valence-corrected chi connectivity index (χ1v) is 9.85. The molecule has 0 aromatic heterocycles. The molecular weight excluding hydrogens is 375 g/mol. The minimum atomic E-state index is -0.738. The van der Waals surface area contributed by atoms with E-state index in [0.29, 0.717) is 17.2 Å². The van der Waals surface area contributed by atoms with Crippen molar-refractivity contribution in [3.8, 4) is 11.5 Å².